The first-order valence-electron chi connectivity index (χ1n) is 6.60. The van der Waals surface area contributed by atoms with Gasteiger partial charge in [-0.1, -0.05) is 25.2 Å². The third-order valence-electron chi connectivity index (χ3n) is 4.75. The van der Waals surface area contributed by atoms with Crippen molar-refractivity contribution in [2.24, 2.45) is 11.3 Å². The Kier molecular flexibility index (Phi) is 2.00. The van der Waals surface area contributed by atoms with Crippen molar-refractivity contribution in [1.82, 2.24) is 0 Å². The van der Waals surface area contributed by atoms with Crippen LogP contribution in [0.15, 0.2) is 47.1 Å². The molecule has 1 fully saturated rings. The Morgan fingerprint density at radius 1 is 1.26 bits per heavy atom. The Labute approximate surface area is 111 Å². The number of hydrogen-bond donors (Lipinski definition) is 0. The lowest BCUT2D eigenvalue weighted by Gasteiger charge is -2.43. The highest BCUT2D eigenvalue weighted by atomic mass is 16.5. The fraction of sp³-hybridized carbons (Fsp3) is 0.375. The maximum atomic E-state index is 12.1. The van der Waals surface area contributed by atoms with Gasteiger partial charge >= 0.3 is 0 Å². The van der Waals surface area contributed by atoms with Crippen LogP contribution in [0.1, 0.15) is 13.3 Å². The van der Waals surface area contributed by atoms with Gasteiger partial charge in [-0.3, -0.25) is 9.59 Å². The van der Waals surface area contributed by atoms with Crippen LogP contribution in [0.25, 0.3) is 0 Å². The van der Waals surface area contributed by atoms with Crippen molar-refractivity contribution in [1.29, 1.82) is 0 Å². The molecule has 3 aliphatic carbocycles. The summed E-state index contributed by atoms with van der Waals surface area (Å²) in [7, 11) is 0. The molecule has 3 atom stereocenters. The Balaban J connectivity index is 1.93. The second-order valence-electron chi connectivity index (χ2n) is 5.95. The predicted octanol–water partition coefficient (Wildman–Crippen LogP) is 1.91. The van der Waals surface area contributed by atoms with E-state index in [2.05, 4.69) is 19.1 Å². The van der Waals surface area contributed by atoms with Gasteiger partial charge in [0, 0.05) is 17.1 Å². The Bertz CT molecular complexity index is 632. The van der Waals surface area contributed by atoms with Gasteiger partial charge in [-0.15, -0.1) is 0 Å². The summed E-state index contributed by atoms with van der Waals surface area (Å²) in [5, 5.41) is 0. The van der Waals surface area contributed by atoms with Crippen molar-refractivity contribution in [2.75, 3.05) is 6.61 Å². The van der Waals surface area contributed by atoms with E-state index < -0.39 is 0 Å². The van der Waals surface area contributed by atoms with Crippen LogP contribution < -0.4 is 0 Å². The molecule has 0 N–H and O–H groups in total. The van der Waals surface area contributed by atoms with Gasteiger partial charge in [-0.25, -0.2) is 0 Å². The monoisotopic (exact) mass is 254 g/mol. The molecule has 4 rings (SSSR count). The highest BCUT2D eigenvalue weighted by Gasteiger charge is 2.53. The van der Waals surface area contributed by atoms with E-state index in [-0.39, 0.29) is 29.0 Å². The van der Waals surface area contributed by atoms with E-state index >= 15 is 0 Å². The molecule has 96 valence electrons. The standard InChI is InChI=1S/C16H14O3/c1-16-6-2-3-9-8-19-15(14(9)16)13-10(7-16)11(17)4-5-12(13)18/h2-6,14-15H,7-8H2,1H3/t14-,15-,16+/m0/s1. The normalized spacial score (nSPS) is 39.3. The molecule has 0 aromatic rings. The molecule has 0 aromatic heterocycles. The fourth-order valence-electron chi connectivity index (χ4n) is 3.90. The minimum absolute atomic E-state index is 0.0331. The average molecular weight is 254 g/mol. The van der Waals surface area contributed by atoms with E-state index in [4.69, 9.17) is 4.74 Å². The van der Waals surface area contributed by atoms with Crippen LogP contribution in [0.4, 0.5) is 0 Å². The molecule has 1 saturated heterocycles. The molecule has 0 radical (unpaired) electrons. The van der Waals surface area contributed by atoms with Crippen molar-refractivity contribution in [3.63, 3.8) is 0 Å². The van der Waals surface area contributed by atoms with Crippen LogP contribution in [0.3, 0.4) is 0 Å². The summed E-state index contributed by atoms with van der Waals surface area (Å²) in [6.07, 6.45) is 9.46. The number of rotatable bonds is 0. The third kappa shape index (κ3) is 1.31. The van der Waals surface area contributed by atoms with Gasteiger partial charge in [-0.2, -0.15) is 0 Å². The van der Waals surface area contributed by atoms with Gasteiger partial charge in [0.25, 0.3) is 0 Å². The largest absolute Gasteiger partial charge is 0.368 e. The highest BCUT2D eigenvalue weighted by Crippen LogP contribution is 2.54. The smallest absolute Gasteiger partial charge is 0.185 e. The summed E-state index contributed by atoms with van der Waals surface area (Å²) in [5.41, 5.74) is 2.40. The van der Waals surface area contributed by atoms with E-state index in [0.29, 0.717) is 24.2 Å². The van der Waals surface area contributed by atoms with Crippen molar-refractivity contribution in [3.05, 3.63) is 47.1 Å². The molecule has 1 aliphatic heterocycles. The Hall–Kier alpha value is -1.74. The van der Waals surface area contributed by atoms with Crippen molar-refractivity contribution in [3.8, 4) is 0 Å². The minimum Gasteiger partial charge on any atom is -0.368 e. The van der Waals surface area contributed by atoms with Crippen LogP contribution in [0.2, 0.25) is 0 Å². The van der Waals surface area contributed by atoms with Gasteiger partial charge in [0.2, 0.25) is 0 Å². The lowest BCUT2D eigenvalue weighted by molar-refractivity contribution is -0.117. The van der Waals surface area contributed by atoms with Crippen LogP contribution in [-0.2, 0) is 14.3 Å². The second-order valence-corrected chi connectivity index (χ2v) is 5.95. The molecular weight excluding hydrogens is 240 g/mol. The van der Waals surface area contributed by atoms with E-state index in [1.807, 2.05) is 6.08 Å². The summed E-state index contributed by atoms with van der Waals surface area (Å²) >= 11 is 0. The molecule has 19 heavy (non-hydrogen) atoms. The number of allylic oxidation sites excluding steroid dienone is 6. The maximum Gasteiger partial charge on any atom is 0.185 e. The quantitative estimate of drug-likeness (QED) is 0.620. The summed E-state index contributed by atoms with van der Waals surface area (Å²) in [6, 6.07) is 0. The number of hydrogen-bond acceptors (Lipinski definition) is 3. The number of carbonyl (C=O) groups excluding carboxylic acids is 2. The predicted molar refractivity (Wildman–Crippen MR) is 69.4 cm³/mol. The zero-order valence-corrected chi connectivity index (χ0v) is 10.7. The Morgan fingerprint density at radius 2 is 2.05 bits per heavy atom. The molecule has 0 amide bonds. The van der Waals surface area contributed by atoms with Gasteiger partial charge in [0.15, 0.2) is 11.6 Å². The summed E-state index contributed by atoms with van der Waals surface area (Å²) < 4.78 is 5.85. The van der Waals surface area contributed by atoms with E-state index in [1.54, 1.807) is 0 Å². The van der Waals surface area contributed by atoms with Crippen LogP contribution in [-0.4, -0.2) is 24.3 Å². The van der Waals surface area contributed by atoms with E-state index in [0.717, 1.165) is 0 Å². The average Bonchev–Trinajstić information content (AvgIpc) is 2.80. The molecule has 0 bridgehead atoms. The molecule has 0 aromatic carbocycles. The van der Waals surface area contributed by atoms with Crippen LogP contribution >= 0.6 is 0 Å². The number of carbonyl (C=O) groups is 2. The van der Waals surface area contributed by atoms with Crippen molar-refractivity contribution in [2.45, 2.75) is 19.4 Å². The van der Waals surface area contributed by atoms with E-state index in [1.165, 1.54) is 17.7 Å². The first-order valence-corrected chi connectivity index (χ1v) is 6.60. The van der Waals surface area contributed by atoms with Crippen LogP contribution in [0.5, 0.6) is 0 Å². The van der Waals surface area contributed by atoms with Crippen molar-refractivity contribution >= 4 is 11.6 Å². The van der Waals surface area contributed by atoms with Gasteiger partial charge < -0.3 is 4.74 Å². The summed E-state index contributed by atoms with van der Waals surface area (Å²) in [6.45, 7) is 2.72. The lowest BCUT2D eigenvalue weighted by atomic mass is 9.59. The van der Waals surface area contributed by atoms with E-state index in [9.17, 15) is 9.59 Å². The lowest BCUT2D eigenvalue weighted by Crippen LogP contribution is -2.43. The summed E-state index contributed by atoms with van der Waals surface area (Å²) in [4.78, 5) is 24.2. The van der Waals surface area contributed by atoms with Gasteiger partial charge in [0.05, 0.1) is 12.7 Å². The third-order valence-corrected chi connectivity index (χ3v) is 4.75. The molecular formula is C16H14O3. The van der Waals surface area contributed by atoms with Crippen molar-refractivity contribution < 1.29 is 14.3 Å². The molecule has 4 aliphatic rings. The molecule has 0 saturated carbocycles. The maximum absolute atomic E-state index is 12.1. The molecule has 0 unspecified atom stereocenters. The first kappa shape index (κ1) is 11.1. The second kappa shape index (κ2) is 3.42. The number of ketones is 2. The number of fused-ring (bicyclic) bond motifs is 1. The Morgan fingerprint density at radius 3 is 2.89 bits per heavy atom. The van der Waals surface area contributed by atoms with Gasteiger partial charge in [-0.05, 0) is 29.6 Å². The highest BCUT2D eigenvalue weighted by molar-refractivity contribution is 6.21. The van der Waals surface area contributed by atoms with Gasteiger partial charge in [0.1, 0.15) is 0 Å². The molecule has 3 heteroatoms. The summed E-state index contributed by atoms with van der Waals surface area (Å²) in [5.74, 6) is 0.117. The number of ether oxygens (including phenoxy) is 1. The molecule has 3 nitrogen and oxygen atoms in total. The zero-order chi connectivity index (χ0) is 13.2. The molecule has 1 heterocycles. The zero-order valence-electron chi connectivity index (χ0n) is 10.7. The minimum atomic E-state index is -0.244. The fourth-order valence-corrected chi connectivity index (χ4v) is 3.90. The molecule has 0 spiro atoms. The van der Waals surface area contributed by atoms with Crippen LogP contribution in [0, 0.1) is 11.3 Å². The SMILES string of the molecule is C[C@@]12C=CC=C3CO[C@@H](C4=C(C1)C(=O)C=CC4=O)[C@H]32. The first-order chi connectivity index (χ1) is 9.10. The topological polar surface area (TPSA) is 43.4 Å².